The van der Waals surface area contributed by atoms with Crippen LogP contribution in [-0.4, -0.2) is 17.3 Å². The summed E-state index contributed by atoms with van der Waals surface area (Å²) in [6.07, 6.45) is 12.6. The van der Waals surface area contributed by atoms with E-state index in [1.165, 1.54) is 38.5 Å². The molecule has 0 aliphatic heterocycles. The minimum Gasteiger partial charge on any atom is -0.389 e. The molecule has 21 heavy (non-hydrogen) atoms. The van der Waals surface area contributed by atoms with Gasteiger partial charge in [0.1, 0.15) is 0 Å². The van der Waals surface area contributed by atoms with Gasteiger partial charge in [0, 0.05) is 11.5 Å². The molecule has 4 aliphatic rings. The smallest absolute Gasteiger partial charge is 0.0724 e. The van der Waals surface area contributed by atoms with Gasteiger partial charge in [0.05, 0.1) is 6.10 Å². The maximum absolute atomic E-state index is 9.97. The molecule has 1 fully saturated rings. The highest BCUT2D eigenvalue weighted by Crippen LogP contribution is 2.61. The number of hydrogen-bond donors (Lipinski definition) is 2. The Morgan fingerprint density at radius 3 is 2.81 bits per heavy atom. The number of aliphatic hydroxyl groups excluding tert-OH is 1. The first kappa shape index (κ1) is 14.0. The highest BCUT2D eigenvalue weighted by molar-refractivity contribution is 5.38. The number of nitrogens with two attached hydrogens (primary N) is 1. The van der Waals surface area contributed by atoms with E-state index >= 15 is 0 Å². The van der Waals surface area contributed by atoms with Gasteiger partial charge < -0.3 is 10.8 Å². The number of fused-ring (bicyclic) bond motifs is 4. The van der Waals surface area contributed by atoms with Crippen molar-refractivity contribution in [3.8, 4) is 0 Å². The predicted octanol–water partition coefficient (Wildman–Crippen LogP) is 3.56. The van der Waals surface area contributed by atoms with E-state index in [0.717, 1.165) is 12.3 Å². The first-order valence-corrected chi connectivity index (χ1v) is 8.80. The Kier molecular flexibility index (Phi) is 2.97. The molecule has 0 heterocycles. The lowest BCUT2D eigenvalue weighted by molar-refractivity contribution is 0.102. The zero-order valence-corrected chi connectivity index (χ0v) is 13.4. The van der Waals surface area contributed by atoms with Crippen molar-refractivity contribution in [2.24, 2.45) is 28.4 Å². The van der Waals surface area contributed by atoms with Gasteiger partial charge in [-0.3, -0.25) is 0 Å². The van der Waals surface area contributed by atoms with Crippen LogP contribution in [0.15, 0.2) is 23.3 Å². The fourth-order valence-corrected chi connectivity index (χ4v) is 6.06. The predicted molar refractivity (Wildman–Crippen MR) is 85.7 cm³/mol. The van der Waals surface area contributed by atoms with E-state index < -0.39 is 0 Å². The first-order chi connectivity index (χ1) is 9.95. The average molecular weight is 287 g/mol. The molecule has 0 amide bonds. The molecule has 6 atom stereocenters. The van der Waals surface area contributed by atoms with Gasteiger partial charge >= 0.3 is 0 Å². The minimum absolute atomic E-state index is 0.209. The summed E-state index contributed by atoms with van der Waals surface area (Å²) in [5, 5.41) is 9.97. The van der Waals surface area contributed by atoms with Crippen molar-refractivity contribution >= 4 is 0 Å². The van der Waals surface area contributed by atoms with E-state index in [9.17, 15) is 5.11 Å². The molecule has 2 heteroatoms. The third-order valence-electron chi connectivity index (χ3n) is 7.58. The van der Waals surface area contributed by atoms with Crippen LogP contribution in [-0.2, 0) is 0 Å². The third-order valence-corrected chi connectivity index (χ3v) is 7.58. The van der Waals surface area contributed by atoms with Crippen LogP contribution < -0.4 is 5.73 Å². The van der Waals surface area contributed by atoms with Gasteiger partial charge in [0.2, 0.25) is 0 Å². The van der Waals surface area contributed by atoms with E-state index in [0.29, 0.717) is 17.4 Å². The Labute approximate surface area is 128 Å². The van der Waals surface area contributed by atoms with Gasteiger partial charge in [-0.25, -0.2) is 0 Å². The fraction of sp³-hybridized carbons (Fsp3) is 0.789. The van der Waals surface area contributed by atoms with Crippen LogP contribution in [0.5, 0.6) is 0 Å². The lowest BCUT2D eigenvalue weighted by Crippen LogP contribution is -2.46. The molecule has 116 valence electrons. The molecule has 1 saturated carbocycles. The summed E-state index contributed by atoms with van der Waals surface area (Å²) in [4.78, 5) is 0. The van der Waals surface area contributed by atoms with Gasteiger partial charge in [-0.05, 0) is 62.2 Å². The molecule has 3 N–H and O–H groups in total. The Bertz CT molecular complexity index is 522. The number of hydrogen-bond acceptors (Lipinski definition) is 2. The van der Waals surface area contributed by atoms with Crippen molar-refractivity contribution in [1.82, 2.24) is 0 Å². The van der Waals surface area contributed by atoms with Crippen LogP contribution in [0.3, 0.4) is 0 Å². The molecule has 0 spiro atoms. The number of aliphatic hydroxyl groups is 1. The Balaban J connectivity index is 1.78. The molecule has 4 aliphatic carbocycles. The summed E-state index contributed by atoms with van der Waals surface area (Å²) in [6.45, 7) is 4.86. The first-order valence-electron chi connectivity index (χ1n) is 8.80. The van der Waals surface area contributed by atoms with Crippen LogP contribution in [0.4, 0.5) is 0 Å². The highest BCUT2D eigenvalue weighted by Gasteiger charge is 2.53. The third kappa shape index (κ3) is 1.78. The van der Waals surface area contributed by atoms with Crippen molar-refractivity contribution in [1.29, 1.82) is 0 Å². The normalized spacial score (nSPS) is 52.4. The van der Waals surface area contributed by atoms with E-state index in [2.05, 4.69) is 19.9 Å². The Morgan fingerprint density at radius 1 is 1.19 bits per heavy atom. The highest BCUT2D eigenvalue weighted by atomic mass is 16.3. The molecule has 0 aromatic carbocycles. The standard InChI is InChI=1S/C19H29NO/c1-18-9-7-13(21)11-12(18)3-4-14-15-5-6-17(20)19(15,2)10-8-16(14)18/h7,9,12-13,15,17,21H,3-6,8,10-11,20H2,1-2H3/t12?,13-,15-,17-,18-,19-/m0/s1. The summed E-state index contributed by atoms with van der Waals surface area (Å²) in [7, 11) is 0. The lowest BCUT2D eigenvalue weighted by atomic mass is 9.53. The Morgan fingerprint density at radius 2 is 2.00 bits per heavy atom. The van der Waals surface area contributed by atoms with Crippen molar-refractivity contribution < 1.29 is 5.11 Å². The maximum Gasteiger partial charge on any atom is 0.0724 e. The zero-order chi connectivity index (χ0) is 14.8. The summed E-state index contributed by atoms with van der Waals surface area (Å²) in [5.41, 5.74) is 10.5. The van der Waals surface area contributed by atoms with Gasteiger partial charge in [0.15, 0.2) is 0 Å². The Hall–Kier alpha value is -0.600. The van der Waals surface area contributed by atoms with Crippen molar-refractivity contribution in [2.45, 2.75) is 70.9 Å². The fourth-order valence-electron chi connectivity index (χ4n) is 6.06. The summed E-state index contributed by atoms with van der Waals surface area (Å²) in [5.74, 6) is 1.37. The second-order valence-electron chi connectivity index (χ2n) is 8.43. The topological polar surface area (TPSA) is 46.2 Å². The van der Waals surface area contributed by atoms with E-state index in [1.807, 2.05) is 6.08 Å². The molecule has 0 radical (unpaired) electrons. The average Bonchev–Trinajstić information content (AvgIpc) is 2.76. The van der Waals surface area contributed by atoms with Gasteiger partial charge in [-0.1, -0.05) is 37.1 Å². The molecular formula is C19H29NO. The van der Waals surface area contributed by atoms with Gasteiger partial charge in [-0.2, -0.15) is 0 Å². The van der Waals surface area contributed by atoms with Gasteiger partial charge in [0.25, 0.3) is 0 Å². The molecule has 4 rings (SSSR count). The molecule has 1 unspecified atom stereocenters. The molecule has 0 aromatic rings. The largest absolute Gasteiger partial charge is 0.389 e. The zero-order valence-electron chi connectivity index (χ0n) is 13.4. The molecule has 0 bridgehead atoms. The second kappa shape index (κ2) is 4.45. The van der Waals surface area contributed by atoms with Crippen molar-refractivity contribution in [3.63, 3.8) is 0 Å². The van der Waals surface area contributed by atoms with Crippen LogP contribution in [0.25, 0.3) is 0 Å². The van der Waals surface area contributed by atoms with Gasteiger partial charge in [-0.15, -0.1) is 0 Å². The van der Waals surface area contributed by atoms with E-state index in [4.69, 9.17) is 5.73 Å². The molecular weight excluding hydrogens is 258 g/mol. The minimum atomic E-state index is -0.223. The van der Waals surface area contributed by atoms with Crippen molar-refractivity contribution in [2.75, 3.05) is 0 Å². The molecule has 2 nitrogen and oxygen atoms in total. The lowest BCUT2D eigenvalue weighted by Gasteiger charge is -2.52. The molecule has 0 aromatic heterocycles. The van der Waals surface area contributed by atoms with E-state index in [-0.39, 0.29) is 11.5 Å². The monoisotopic (exact) mass is 287 g/mol. The van der Waals surface area contributed by atoms with E-state index in [1.54, 1.807) is 11.1 Å². The van der Waals surface area contributed by atoms with Crippen LogP contribution in [0.1, 0.15) is 58.8 Å². The second-order valence-corrected chi connectivity index (χ2v) is 8.43. The van der Waals surface area contributed by atoms with Crippen molar-refractivity contribution in [3.05, 3.63) is 23.3 Å². The number of allylic oxidation sites excluding steroid dienone is 3. The van der Waals surface area contributed by atoms with Crippen LogP contribution in [0.2, 0.25) is 0 Å². The quantitative estimate of drug-likeness (QED) is 0.669. The number of rotatable bonds is 0. The maximum atomic E-state index is 9.97. The summed E-state index contributed by atoms with van der Waals surface area (Å²) in [6, 6.07) is 0.394. The van der Waals surface area contributed by atoms with Crippen LogP contribution >= 0.6 is 0 Å². The van der Waals surface area contributed by atoms with Crippen LogP contribution in [0, 0.1) is 22.7 Å². The molecule has 0 saturated heterocycles. The summed E-state index contributed by atoms with van der Waals surface area (Å²) >= 11 is 0. The summed E-state index contributed by atoms with van der Waals surface area (Å²) < 4.78 is 0. The SMILES string of the molecule is C[C@]12CCC3=C(CCC4C[C@@H](O)C=C[C@]34C)[C@@H]1CC[C@@H]2N.